The van der Waals surface area contributed by atoms with Crippen molar-refractivity contribution in [3.05, 3.63) is 58.4 Å². The molecule has 5 nitrogen and oxygen atoms in total. The molecule has 0 radical (unpaired) electrons. The Morgan fingerprint density at radius 3 is 2.39 bits per heavy atom. The van der Waals surface area contributed by atoms with Gasteiger partial charge in [-0.2, -0.15) is 0 Å². The zero-order valence-corrected chi connectivity index (χ0v) is 13.8. The molecular weight excluding hydrogens is 345 g/mol. The van der Waals surface area contributed by atoms with Crippen LogP contribution in [-0.4, -0.2) is 20.6 Å². The summed E-state index contributed by atoms with van der Waals surface area (Å²) >= 11 is 5.98. The van der Waals surface area contributed by atoms with Crippen LogP contribution in [0.4, 0.5) is 4.39 Å². The van der Waals surface area contributed by atoms with Crippen LogP contribution >= 0.6 is 11.6 Å². The minimum Gasteiger partial charge on any atom is -0.456 e. The second-order valence-electron chi connectivity index (χ2n) is 4.88. The highest BCUT2D eigenvalue weighted by molar-refractivity contribution is 7.89. The fourth-order valence-corrected chi connectivity index (χ4v) is 2.39. The monoisotopic (exact) mass is 357 g/mol. The molecule has 0 unspecified atom stereocenters. The fourth-order valence-electron chi connectivity index (χ4n) is 1.74. The third kappa shape index (κ3) is 4.67. The Bertz CT molecular complexity index is 851. The first kappa shape index (κ1) is 17.2. The van der Waals surface area contributed by atoms with Crippen molar-refractivity contribution >= 4 is 27.5 Å². The first-order valence-corrected chi connectivity index (χ1v) is 8.68. The number of halogens is 2. The number of hydrogen-bond acceptors (Lipinski definition) is 4. The maximum Gasteiger partial charge on any atom is 0.267 e. The molecule has 0 atom stereocenters. The van der Waals surface area contributed by atoms with Crippen LogP contribution in [0.3, 0.4) is 0 Å². The van der Waals surface area contributed by atoms with Gasteiger partial charge in [-0.3, -0.25) is 4.79 Å². The number of rotatable bonds is 4. The van der Waals surface area contributed by atoms with Gasteiger partial charge in [0.2, 0.25) is 10.0 Å². The van der Waals surface area contributed by atoms with E-state index in [0.29, 0.717) is 5.75 Å². The summed E-state index contributed by atoms with van der Waals surface area (Å²) in [5, 5.41) is -0.0226. The Balaban J connectivity index is 2.30. The van der Waals surface area contributed by atoms with Crippen molar-refractivity contribution in [2.75, 3.05) is 6.26 Å². The molecule has 2 rings (SSSR count). The highest BCUT2D eigenvalue weighted by Crippen LogP contribution is 2.32. The van der Waals surface area contributed by atoms with Crippen LogP contribution in [-0.2, 0) is 10.0 Å². The Morgan fingerprint density at radius 1 is 1.22 bits per heavy atom. The van der Waals surface area contributed by atoms with E-state index >= 15 is 0 Å². The topological polar surface area (TPSA) is 72.5 Å². The molecule has 122 valence electrons. The molecule has 1 N–H and O–H groups in total. The lowest BCUT2D eigenvalue weighted by molar-refractivity contribution is 0.0978. The van der Waals surface area contributed by atoms with Gasteiger partial charge in [0.05, 0.1) is 16.8 Å². The zero-order chi connectivity index (χ0) is 17.2. The lowest BCUT2D eigenvalue weighted by Gasteiger charge is -2.10. The summed E-state index contributed by atoms with van der Waals surface area (Å²) in [6.45, 7) is 1.91. The van der Waals surface area contributed by atoms with Gasteiger partial charge in [-0.15, -0.1) is 0 Å². The van der Waals surface area contributed by atoms with Crippen molar-refractivity contribution in [1.82, 2.24) is 4.72 Å². The molecular formula is C15H13ClFNO4S. The third-order valence-electron chi connectivity index (χ3n) is 2.79. The van der Waals surface area contributed by atoms with E-state index in [1.807, 2.05) is 19.1 Å². The molecule has 0 aliphatic carbocycles. The van der Waals surface area contributed by atoms with Gasteiger partial charge in [-0.05, 0) is 25.1 Å². The highest BCUT2D eigenvalue weighted by atomic mass is 35.5. The van der Waals surface area contributed by atoms with Gasteiger partial charge in [0.1, 0.15) is 17.3 Å². The maximum absolute atomic E-state index is 14.0. The van der Waals surface area contributed by atoms with Crippen molar-refractivity contribution in [3.8, 4) is 11.5 Å². The van der Waals surface area contributed by atoms with Gasteiger partial charge in [0.15, 0.2) is 0 Å². The van der Waals surface area contributed by atoms with Crippen LogP contribution in [0.25, 0.3) is 0 Å². The number of amides is 1. The number of carbonyl (C=O) groups is 1. The lowest BCUT2D eigenvalue weighted by Crippen LogP contribution is -2.30. The Hall–Kier alpha value is -2.12. The van der Waals surface area contributed by atoms with Crippen molar-refractivity contribution in [2.45, 2.75) is 6.92 Å². The first-order chi connectivity index (χ1) is 10.7. The molecule has 0 aliphatic heterocycles. The quantitative estimate of drug-likeness (QED) is 0.911. The van der Waals surface area contributed by atoms with Crippen LogP contribution in [0.15, 0.2) is 36.4 Å². The van der Waals surface area contributed by atoms with Gasteiger partial charge >= 0.3 is 0 Å². The van der Waals surface area contributed by atoms with Crippen LogP contribution in [0.5, 0.6) is 11.5 Å². The van der Waals surface area contributed by atoms with Gasteiger partial charge in [-0.25, -0.2) is 17.5 Å². The summed E-state index contributed by atoms with van der Waals surface area (Å²) in [4.78, 5) is 11.7. The molecule has 2 aromatic carbocycles. The van der Waals surface area contributed by atoms with E-state index < -0.39 is 27.3 Å². The average molecular weight is 358 g/mol. The van der Waals surface area contributed by atoms with Crippen molar-refractivity contribution < 1.29 is 22.3 Å². The Labute approximate surface area is 138 Å². The summed E-state index contributed by atoms with van der Waals surface area (Å²) in [6.07, 6.45) is 0.791. The van der Waals surface area contributed by atoms with Gasteiger partial charge in [-0.1, -0.05) is 29.3 Å². The van der Waals surface area contributed by atoms with E-state index in [1.54, 1.807) is 16.9 Å². The number of benzene rings is 2. The standard InChI is InChI=1S/C15H13ClFNO4S/c1-9-3-5-10(6-4-9)22-14-8-13(17)11(7-12(14)16)15(19)18-23(2,20)21/h3-8H,1-2H3,(H,18,19). The number of ether oxygens (including phenoxy) is 1. The SMILES string of the molecule is Cc1ccc(Oc2cc(F)c(C(=O)NS(C)(=O)=O)cc2Cl)cc1. The van der Waals surface area contributed by atoms with Crippen LogP contribution in [0.1, 0.15) is 15.9 Å². The predicted molar refractivity (Wildman–Crippen MR) is 85.0 cm³/mol. The number of aryl methyl sites for hydroxylation is 1. The zero-order valence-electron chi connectivity index (χ0n) is 12.3. The van der Waals surface area contributed by atoms with E-state index in [0.717, 1.165) is 24.0 Å². The average Bonchev–Trinajstić information content (AvgIpc) is 2.43. The van der Waals surface area contributed by atoms with Crippen molar-refractivity contribution in [2.24, 2.45) is 0 Å². The Kier molecular flexibility index (Phi) is 4.91. The number of sulfonamides is 1. The van der Waals surface area contributed by atoms with Crippen LogP contribution < -0.4 is 9.46 Å². The van der Waals surface area contributed by atoms with Gasteiger partial charge in [0, 0.05) is 6.07 Å². The summed E-state index contributed by atoms with van der Waals surface area (Å²) < 4.78 is 43.2. The number of nitrogens with one attached hydrogen (secondary N) is 1. The van der Waals surface area contributed by atoms with Crippen LogP contribution in [0.2, 0.25) is 5.02 Å². The second-order valence-corrected chi connectivity index (χ2v) is 7.04. The number of carbonyl (C=O) groups excluding carboxylic acids is 1. The number of hydrogen-bond donors (Lipinski definition) is 1. The van der Waals surface area contributed by atoms with E-state index in [9.17, 15) is 17.6 Å². The molecule has 0 saturated heterocycles. The highest BCUT2D eigenvalue weighted by Gasteiger charge is 2.19. The molecule has 0 heterocycles. The van der Waals surface area contributed by atoms with E-state index in [4.69, 9.17) is 16.3 Å². The van der Waals surface area contributed by atoms with E-state index in [2.05, 4.69) is 0 Å². The van der Waals surface area contributed by atoms with Crippen molar-refractivity contribution in [3.63, 3.8) is 0 Å². The fraction of sp³-hybridized carbons (Fsp3) is 0.133. The molecule has 0 saturated carbocycles. The van der Waals surface area contributed by atoms with Crippen molar-refractivity contribution in [1.29, 1.82) is 0 Å². The third-order valence-corrected chi connectivity index (χ3v) is 3.64. The molecule has 0 bridgehead atoms. The minimum absolute atomic E-state index is 0.0175. The maximum atomic E-state index is 14.0. The summed E-state index contributed by atoms with van der Waals surface area (Å²) in [6, 6.07) is 8.95. The molecule has 2 aromatic rings. The summed E-state index contributed by atoms with van der Waals surface area (Å²) in [7, 11) is -3.80. The normalized spacial score (nSPS) is 11.1. The predicted octanol–water partition coefficient (Wildman–Crippen LogP) is 3.27. The molecule has 0 fully saturated rings. The van der Waals surface area contributed by atoms with Gasteiger partial charge in [0.25, 0.3) is 5.91 Å². The summed E-state index contributed by atoms with van der Waals surface area (Å²) in [5.74, 6) is -1.58. The molecule has 1 amide bonds. The second kappa shape index (κ2) is 6.55. The first-order valence-electron chi connectivity index (χ1n) is 6.41. The molecule has 0 aromatic heterocycles. The van der Waals surface area contributed by atoms with Crippen LogP contribution in [0, 0.1) is 12.7 Å². The molecule has 23 heavy (non-hydrogen) atoms. The summed E-state index contributed by atoms with van der Waals surface area (Å²) in [5.41, 5.74) is 0.541. The minimum atomic E-state index is -3.80. The smallest absolute Gasteiger partial charge is 0.267 e. The van der Waals surface area contributed by atoms with Gasteiger partial charge < -0.3 is 4.74 Å². The van der Waals surface area contributed by atoms with E-state index in [-0.39, 0.29) is 10.8 Å². The molecule has 0 spiro atoms. The molecule has 8 heteroatoms. The molecule has 0 aliphatic rings. The largest absolute Gasteiger partial charge is 0.456 e. The van der Waals surface area contributed by atoms with E-state index in [1.165, 1.54) is 0 Å². The Morgan fingerprint density at radius 2 is 1.83 bits per heavy atom. The lowest BCUT2D eigenvalue weighted by atomic mass is 10.2.